The first-order chi connectivity index (χ1) is 20.5. The molecule has 3 heterocycles. The quantitative estimate of drug-likeness (QED) is 0.294. The molecule has 9 nitrogen and oxygen atoms in total. The van der Waals surface area contributed by atoms with Crippen molar-refractivity contribution in [3.8, 4) is 11.4 Å². The molecule has 0 fully saturated rings. The van der Waals surface area contributed by atoms with E-state index in [1.165, 1.54) is 11.3 Å². The third-order valence-corrected chi connectivity index (χ3v) is 8.20. The number of allylic oxidation sites excluding steroid dienone is 1. The van der Waals surface area contributed by atoms with Crippen LogP contribution >= 0.6 is 11.3 Å². The number of hydrogen-bond donors (Lipinski definition) is 1. The zero-order chi connectivity index (χ0) is 31.0. The van der Waals surface area contributed by atoms with Crippen LogP contribution in [-0.2, 0) is 9.53 Å². The topological polar surface area (TPSA) is 112 Å². The summed E-state index contributed by atoms with van der Waals surface area (Å²) in [6.45, 7) is 11.7. The lowest BCUT2D eigenvalue weighted by Gasteiger charge is -2.25. The van der Waals surface area contributed by atoms with E-state index in [1.54, 1.807) is 49.6 Å². The average molecular weight is 600 g/mol. The number of ether oxygens (including phenoxy) is 2. The maximum atomic E-state index is 14.1. The Morgan fingerprint density at radius 3 is 2.35 bits per heavy atom. The number of nitrogens with zero attached hydrogens (tertiary/aromatic N) is 3. The zero-order valence-corrected chi connectivity index (χ0v) is 25.7. The highest BCUT2D eigenvalue weighted by Gasteiger charge is 2.34. The molecule has 222 valence electrons. The highest BCUT2D eigenvalue weighted by atomic mass is 32.1. The van der Waals surface area contributed by atoms with Gasteiger partial charge in [-0.25, -0.2) is 14.6 Å². The molecule has 0 spiro atoms. The van der Waals surface area contributed by atoms with Gasteiger partial charge < -0.3 is 19.1 Å². The van der Waals surface area contributed by atoms with Crippen molar-refractivity contribution in [3.05, 3.63) is 114 Å². The van der Waals surface area contributed by atoms with E-state index >= 15 is 0 Å². The predicted octanol–water partition coefficient (Wildman–Crippen LogP) is 4.69. The molecule has 0 radical (unpaired) electrons. The van der Waals surface area contributed by atoms with E-state index in [9.17, 15) is 19.5 Å². The second kappa shape index (κ2) is 11.9. The Kier molecular flexibility index (Phi) is 8.23. The number of carbonyl (C=O) groups excluding carboxylic acids is 1. The van der Waals surface area contributed by atoms with Gasteiger partial charge in [0.1, 0.15) is 5.75 Å². The molecule has 1 aliphatic rings. The van der Waals surface area contributed by atoms with Gasteiger partial charge in [0.15, 0.2) is 4.80 Å². The lowest BCUT2D eigenvalue weighted by Crippen LogP contribution is -2.40. The second-order valence-electron chi connectivity index (χ2n) is 10.6. The minimum absolute atomic E-state index is 0.210. The first-order valence-corrected chi connectivity index (χ1v) is 14.8. The van der Waals surface area contributed by atoms with Crippen LogP contribution in [0, 0.1) is 13.8 Å². The molecule has 1 aliphatic heterocycles. The van der Waals surface area contributed by atoms with Crippen LogP contribution < -0.4 is 19.6 Å². The van der Waals surface area contributed by atoms with Gasteiger partial charge in [-0.1, -0.05) is 23.5 Å². The number of benzene rings is 2. The number of carboxylic acid groups (broad SMARTS) is 1. The molecule has 0 bridgehead atoms. The van der Waals surface area contributed by atoms with E-state index in [0.717, 1.165) is 28.2 Å². The van der Waals surface area contributed by atoms with Crippen molar-refractivity contribution in [3.63, 3.8) is 0 Å². The number of rotatable bonds is 8. The fourth-order valence-electron chi connectivity index (χ4n) is 5.31. The van der Waals surface area contributed by atoms with Crippen LogP contribution in [0.1, 0.15) is 66.6 Å². The molecule has 5 rings (SSSR count). The SMILES string of the molecule is CCOc1ccc([C@H]2C(C(=O)OC(C)C)=C(C)N=c3s/c(=C/c4cc(C)n(-c5ccc(C(=O)O)cc5)c4C)c(=O)n32)cc1. The predicted molar refractivity (Wildman–Crippen MR) is 165 cm³/mol. The molecular formula is C33H33N3O6S. The molecule has 4 aromatic rings. The third kappa shape index (κ3) is 5.70. The van der Waals surface area contributed by atoms with Gasteiger partial charge in [0.05, 0.1) is 40.1 Å². The Morgan fingerprint density at radius 1 is 1.07 bits per heavy atom. The fraction of sp³-hybridized carbons (Fsp3) is 0.273. The molecule has 0 saturated carbocycles. The van der Waals surface area contributed by atoms with Gasteiger partial charge in [-0.05, 0) is 101 Å². The van der Waals surface area contributed by atoms with Crippen molar-refractivity contribution in [2.45, 2.75) is 53.7 Å². The van der Waals surface area contributed by atoms with E-state index < -0.39 is 18.0 Å². The number of aryl methyl sites for hydroxylation is 1. The van der Waals surface area contributed by atoms with E-state index in [4.69, 9.17) is 9.47 Å². The van der Waals surface area contributed by atoms with Crippen LogP contribution in [-0.4, -0.2) is 38.9 Å². The molecule has 2 aromatic heterocycles. The number of esters is 1. The molecule has 0 unspecified atom stereocenters. The Morgan fingerprint density at radius 2 is 1.74 bits per heavy atom. The van der Waals surface area contributed by atoms with Gasteiger partial charge in [-0.2, -0.15) is 0 Å². The van der Waals surface area contributed by atoms with Crippen molar-refractivity contribution in [2.75, 3.05) is 6.61 Å². The van der Waals surface area contributed by atoms with E-state index in [2.05, 4.69) is 4.99 Å². The van der Waals surface area contributed by atoms with Crippen LogP contribution in [0.2, 0.25) is 0 Å². The molecule has 1 atom stereocenters. The molecule has 1 N–H and O–H groups in total. The summed E-state index contributed by atoms with van der Waals surface area (Å²) in [5.41, 5.74) is 5.00. The number of fused-ring (bicyclic) bond motifs is 1. The number of hydrogen-bond acceptors (Lipinski definition) is 7. The number of thiazole rings is 1. The van der Waals surface area contributed by atoms with Crippen LogP contribution in [0.3, 0.4) is 0 Å². The van der Waals surface area contributed by atoms with Crippen LogP contribution in [0.15, 0.2) is 75.7 Å². The monoisotopic (exact) mass is 599 g/mol. The Balaban J connectivity index is 1.64. The second-order valence-corrected chi connectivity index (χ2v) is 11.6. The minimum Gasteiger partial charge on any atom is -0.494 e. The molecule has 0 saturated heterocycles. The first-order valence-electron chi connectivity index (χ1n) is 14.0. The van der Waals surface area contributed by atoms with Crippen molar-refractivity contribution < 1.29 is 24.2 Å². The van der Waals surface area contributed by atoms with E-state index in [-0.39, 0.29) is 17.2 Å². The van der Waals surface area contributed by atoms with Crippen molar-refractivity contribution >= 4 is 29.4 Å². The molecular weight excluding hydrogens is 566 g/mol. The van der Waals surface area contributed by atoms with Gasteiger partial charge in [0.25, 0.3) is 5.56 Å². The fourth-order valence-corrected chi connectivity index (χ4v) is 6.35. The Bertz CT molecular complexity index is 1930. The summed E-state index contributed by atoms with van der Waals surface area (Å²) in [6, 6.07) is 15.3. The minimum atomic E-state index is -0.983. The Labute approximate surface area is 252 Å². The smallest absolute Gasteiger partial charge is 0.338 e. The highest BCUT2D eigenvalue weighted by Crippen LogP contribution is 2.32. The largest absolute Gasteiger partial charge is 0.494 e. The summed E-state index contributed by atoms with van der Waals surface area (Å²) in [7, 11) is 0. The molecule has 43 heavy (non-hydrogen) atoms. The summed E-state index contributed by atoms with van der Waals surface area (Å²) in [5.74, 6) is -0.802. The zero-order valence-electron chi connectivity index (χ0n) is 24.9. The summed E-state index contributed by atoms with van der Waals surface area (Å²) < 4.78 is 15.3. The molecule has 0 amide bonds. The van der Waals surface area contributed by atoms with Crippen molar-refractivity contribution in [1.82, 2.24) is 9.13 Å². The highest BCUT2D eigenvalue weighted by molar-refractivity contribution is 7.07. The van der Waals surface area contributed by atoms with Gasteiger partial charge in [-0.15, -0.1) is 0 Å². The summed E-state index contributed by atoms with van der Waals surface area (Å²) in [6.07, 6.45) is 1.50. The molecule has 0 aliphatic carbocycles. The maximum Gasteiger partial charge on any atom is 0.338 e. The van der Waals surface area contributed by atoms with Gasteiger partial charge in [0, 0.05) is 17.1 Å². The molecule has 10 heteroatoms. The van der Waals surface area contributed by atoms with E-state index in [0.29, 0.717) is 33.0 Å². The normalized spacial score (nSPS) is 15.0. The standard InChI is InChI=1S/C33H33N3O6S/c1-7-41-26-14-10-22(11-15-26)29-28(32(40)42-18(2)3)20(5)34-33-36(29)30(37)27(43-33)17-24-16-19(4)35(21(24)6)25-12-8-23(9-13-25)31(38)39/h8-18,29H,7H2,1-6H3,(H,38,39)/b27-17+/t29-/m0/s1. The number of carbonyl (C=O) groups is 2. The van der Waals surface area contributed by atoms with Crippen molar-refractivity contribution in [2.24, 2.45) is 4.99 Å². The third-order valence-electron chi connectivity index (χ3n) is 7.22. The van der Waals surface area contributed by atoms with Crippen LogP contribution in [0.5, 0.6) is 5.75 Å². The average Bonchev–Trinajstić information content (AvgIpc) is 3.41. The lowest BCUT2D eigenvalue weighted by atomic mass is 9.96. The number of aromatic carboxylic acids is 1. The summed E-state index contributed by atoms with van der Waals surface area (Å²) in [4.78, 5) is 43.9. The number of aromatic nitrogens is 2. The lowest BCUT2D eigenvalue weighted by molar-refractivity contribution is -0.143. The van der Waals surface area contributed by atoms with Crippen LogP contribution in [0.25, 0.3) is 11.8 Å². The summed E-state index contributed by atoms with van der Waals surface area (Å²) >= 11 is 1.27. The Hall–Kier alpha value is -4.70. The number of carboxylic acids is 1. The van der Waals surface area contributed by atoms with Crippen molar-refractivity contribution in [1.29, 1.82) is 0 Å². The maximum absolute atomic E-state index is 14.1. The van der Waals surface area contributed by atoms with Gasteiger partial charge in [0.2, 0.25) is 0 Å². The van der Waals surface area contributed by atoms with Gasteiger partial charge in [-0.3, -0.25) is 9.36 Å². The van der Waals surface area contributed by atoms with E-state index in [1.807, 2.05) is 61.7 Å². The molecule has 2 aromatic carbocycles. The van der Waals surface area contributed by atoms with Gasteiger partial charge >= 0.3 is 11.9 Å². The first kappa shape index (κ1) is 29.8. The van der Waals surface area contributed by atoms with Crippen LogP contribution in [0.4, 0.5) is 0 Å². The summed E-state index contributed by atoms with van der Waals surface area (Å²) in [5, 5.41) is 9.26.